The summed E-state index contributed by atoms with van der Waals surface area (Å²) in [5, 5.41) is 8.17. The highest BCUT2D eigenvalue weighted by molar-refractivity contribution is 8.00. The first-order chi connectivity index (χ1) is 21.4. The van der Waals surface area contributed by atoms with Crippen molar-refractivity contribution in [2.75, 3.05) is 10.6 Å². The number of hydrogen-bond donors (Lipinski definition) is 3. The van der Waals surface area contributed by atoms with E-state index in [1.165, 1.54) is 11.8 Å². The van der Waals surface area contributed by atoms with Crippen LogP contribution in [0.2, 0.25) is 0 Å². The number of benzene rings is 5. The molecule has 0 bridgehead atoms. The van der Waals surface area contributed by atoms with Crippen LogP contribution >= 0.6 is 11.8 Å². The summed E-state index contributed by atoms with van der Waals surface area (Å²) < 4.78 is 0. The number of nitrogens with one attached hydrogen (secondary N) is 3. The van der Waals surface area contributed by atoms with Crippen LogP contribution in [0.25, 0.3) is 6.08 Å². The molecule has 3 amide bonds. The van der Waals surface area contributed by atoms with Gasteiger partial charge >= 0.3 is 0 Å². The zero-order valence-electron chi connectivity index (χ0n) is 24.1. The molecule has 5 aromatic rings. The molecule has 5 rings (SSSR count). The Labute approximate surface area is 261 Å². The zero-order chi connectivity index (χ0) is 30.7. The Kier molecular flexibility index (Phi) is 10.0. The summed E-state index contributed by atoms with van der Waals surface area (Å²) in [6.07, 6.45) is 1.65. The van der Waals surface area contributed by atoms with Gasteiger partial charge in [-0.05, 0) is 66.6 Å². The third-order valence-corrected chi connectivity index (χ3v) is 7.86. The average molecular weight is 598 g/mol. The molecule has 218 valence electrons. The van der Waals surface area contributed by atoms with Crippen LogP contribution in [-0.2, 0) is 9.59 Å². The maximum absolute atomic E-state index is 13.6. The van der Waals surface area contributed by atoms with Gasteiger partial charge in [-0.3, -0.25) is 14.4 Å². The molecule has 0 aliphatic carbocycles. The smallest absolute Gasteiger partial charge is 0.272 e. The lowest BCUT2D eigenvalue weighted by Gasteiger charge is -2.18. The SMILES string of the molecule is Cc1cccc(/C=C(/NC(=O)c2ccccc2)C(=O)Nc2cccc(SC(C(=O)Nc3ccccc3)c3ccccc3)c2)c1. The Morgan fingerprint density at radius 3 is 2.00 bits per heavy atom. The topological polar surface area (TPSA) is 87.3 Å². The number of thioether (sulfide) groups is 1. The molecule has 0 aliphatic rings. The first-order valence-corrected chi connectivity index (χ1v) is 15.0. The van der Waals surface area contributed by atoms with E-state index in [1.54, 1.807) is 36.4 Å². The number of hydrogen-bond acceptors (Lipinski definition) is 4. The maximum Gasteiger partial charge on any atom is 0.272 e. The van der Waals surface area contributed by atoms with Crippen molar-refractivity contribution in [2.45, 2.75) is 17.1 Å². The van der Waals surface area contributed by atoms with E-state index in [1.807, 2.05) is 116 Å². The first-order valence-electron chi connectivity index (χ1n) is 14.1. The van der Waals surface area contributed by atoms with Gasteiger partial charge in [-0.2, -0.15) is 0 Å². The third kappa shape index (κ3) is 8.33. The fourth-order valence-corrected chi connectivity index (χ4v) is 5.56. The van der Waals surface area contributed by atoms with Crippen molar-refractivity contribution in [3.63, 3.8) is 0 Å². The maximum atomic E-state index is 13.6. The van der Waals surface area contributed by atoms with Crippen LogP contribution < -0.4 is 16.0 Å². The lowest BCUT2D eigenvalue weighted by molar-refractivity contribution is -0.116. The van der Waals surface area contributed by atoms with Crippen LogP contribution in [0.3, 0.4) is 0 Å². The summed E-state index contributed by atoms with van der Waals surface area (Å²) in [6, 6.07) is 42.6. The molecule has 6 nitrogen and oxygen atoms in total. The second kappa shape index (κ2) is 14.7. The first kappa shape index (κ1) is 30.1. The van der Waals surface area contributed by atoms with Gasteiger partial charge in [0.15, 0.2) is 0 Å². The standard InChI is InChI=1S/C37H31N3O3S/c1-26-13-11-14-27(23-26)24-33(40-35(41)29-17-7-3-8-18-29)36(42)39-31-21-12-22-32(25-31)44-34(28-15-5-2-6-16-28)37(43)38-30-19-9-4-10-20-30/h2-25,34H,1H3,(H,38,43)(H,39,42)(H,40,41)/b33-24+. The molecule has 0 saturated carbocycles. The predicted octanol–water partition coefficient (Wildman–Crippen LogP) is 7.88. The van der Waals surface area contributed by atoms with Crippen molar-refractivity contribution in [1.82, 2.24) is 5.32 Å². The molecule has 5 aromatic carbocycles. The largest absolute Gasteiger partial charge is 0.325 e. The quantitative estimate of drug-likeness (QED) is 0.113. The van der Waals surface area contributed by atoms with Crippen molar-refractivity contribution in [3.8, 4) is 0 Å². The summed E-state index contributed by atoms with van der Waals surface area (Å²) in [7, 11) is 0. The number of carbonyl (C=O) groups is 3. The Balaban J connectivity index is 1.37. The highest BCUT2D eigenvalue weighted by Gasteiger charge is 2.23. The number of rotatable bonds is 10. The fraction of sp³-hybridized carbons (Fsp3) is 0.0541. The van der Waals surface area contributed by atoms with E-state index in [9.17, 15) is 14.4 Å². The highest BCUT2D eigenvalue weighted by atomic mass is 32.2. The van der Waals surface area contributed by atoms with Crippen molar-refractivity contribution < 1.29 is 14.4 Å². The number of anilines is 2. The minimum absolute atomic E-state index is 0.104. The van der Waals surface area contributed by atoms with Gasteiger partial charge in [0.2, 0.25) is 5.91 Å². The van der Waals surface area contributed by atoms with Crippen LogP contribution in [0.4, 0.5) is 11.4 Å². The van der Waals surface area contributed by atoms with E-state index in [0.29, 0.717) is 16.9 Å². The molecular formula is C37H31N3O3S. The molecule has 0 radical (unpaired) electrons. The van der Waals surface area contributed by atoms with E-state index in [0.717, 1.165) is 21.6 Å². The van der Waals surface area contributed by atoms with Gasteiger partial charge in [-0.25, -0.2) is 0 Å². The van der Waals surface area contributed by atoms with Crippen molar-refractivity contribution in [2.24, 2.45) is 0 Å². The van der Waals surface area contributed by atoms with Crippen LogP contribution in [0.5, 0.6) is 0 Å². The molecule has 7 heteroatoms. The van der Waals surface area contributed by atoms with Crippen LogP contribution in [0, 0.1) is 6.92 Å². The Hall–Kier alpha value is -5.40. The Morgan fingerprint density at radius 2 is 1.30 bits per heavy atom. The molecular weight excluding hydrogens is 566 g/mol. The van der Waals surface area contributed by atoms with Gasteiger partial charge in [0, 0.05) is 21.8 Å². The number of amides is 3. The van der Waals surface area contributed by atoms with E-state index in [-0.39, 0.29) is 17.5 Å². The lowest BCUT2D eigenvalue weighted by atomic mass is 10.1. The number of para-hydroxylation sites is 1. The highest BCUT2D eigenvalue weighted by Crippen LogP contribution is 2.37. The van der Waals surface area contributed by atoms with Gasteiger partial charge in [-0.15, -0.1) is 11.8 Å². The second-order valence-corrected chi connectivity index (χ2v) is 11.2. The Morgan fingerprint density at radius 1 is 0.659 bits per heavy atom. The van der Waals surface area contributed by atoms with Crippen molar-refractivity contribution >= 4 is 46.9 Å². The lowest BCUT2D eigenvalue weighted by Crippen LogP contribution is -2.30. The van der Waals surface area contributed by atoms with Crippen LogP contribution in [-0.4, -0.2) is 17.7 Å². The van der Waals surface area contributed by atoms with E-state index >= 15 is 0 Å². The van der Waals surface area contributed by atoms with Gasteiger partial charge in [0.05, 0.1) is 0 Å². The molecule has 0 heterocycles. The minimum atomic E-state index is -0.538. The molecule has 44 heavy (non-hydrogen) atoms. The second-order valence-electron chi connectivity index (χ2n) is 10.0. The fourth-order valence-electron chi connectivity index (χ4n) is 4.48. The molecule has 0 saturated heterocycles. The minimum Gasteiger partial charge on any atom is -0.325 e. The molecule has 1 atom stereocenters. The third-order valence-electron chi connectivity index (χ3n) is 6.61. The summed E-state index contributed by atoms with van der Waals surface area (Å²) in [5.74, 6) is -1.02. The molecule has 1 unspecified atom stereocenters. The average Bonchev–Trinajstić information content (AvgIpc) is 3.05. The number of aryl methyl sites for hydroxylation is 1. The van der Waals surface area contributed by atoms with Gasteiger partial charge in [0.25, 0.3) is 11.8 Å². The monoisotopic (exact) mass is 597 g/mol. The zero-order valence-corrected chi connectivity index (χ0v) is 24.9. The number of carbonyl (C=O) groups excluding carboxylic acids is 3. The van der Waals surface area contributed by atoms with E-state index in [2.05, 4.69) is 16.0 Å². The van der Waals surface area contributed by atoms with E-state index in [4.69, 9.17) is 0 Å². The van der Waals surface area contributed by atoms with Crippen molar-refractivity contribution in [1.29, 1.82) is 0 Å². The summed E-state index contributed by atoms with van der Waals surface area (Å²) in [5.41, 5.74) is 4.45. The molecule has 0 fully saturated rings. The van der Waals surface area contributed by atoms with Crippen molar-refractivity contribution in [3.05, 3.63) is 167 Å². The summed E-state index contributed by atoms with van der Waals surface area (Å²) in [6.45, 7) is 1.96. The molecule has 0 spiro atoms. The van der Waals surface area contributed by atoms with Gasteiger partial charge < -0.3 is 16.0 Å². The van der Waals surface area contributed by atoms with Crippen LogP contribution in [0.15, 0.2) is 150 Å². The summed E-state index contributed by atoms with van der Waals surface area (Å²) in [4.78, 5) is 40.8. The predicted molar refractivity (Wildman–Crippen MR) is 178 cm³/mol. The normalized spacial score (nSPS) is 11.7. The molecule has 3 N–H and O–H groups in total. The Bertz CT molecular complexity index is 1770. The molecule has 0 aliphatic heterocycles. The van der Waals surface area contributed by atoms with E-state index < -0.39 is 11.2 Å². The van der Waals surface area contributed by atoms with Gasteiger partial charge in [0.1, 0.15) is 10.9 Å². The summed E-state index contributed by atoms with van der Waals surface area (Å²) >= 11 is 1.38. The van der Waals surface area contributed by atoms with Crippen LogP contribution in [0.1, 0.15) is 32.3 Å². The van der Waals surface area contributed by atoms with Gasteiger partial charge in [-0.1, -0.05) is 103 Å². The molecule has 0 aromatic heterocycles.